The Labute approximate surface area is 85.9 Å². The van der Waals surface area contributed by atoms with Crippen LogP contribution in [-0.4, -0.2) is 18.2 Å². The Morgan fingerprint density at radius 1 is 1.38 bits per heavy atom. The van der Waals surface area contributed by atoms with Crippen molar-refractivity contribution < 1.29 is 4.79 Å². The molecule has 1 amide bonds. The van der Waals surface area contributed by atoms with E-state index in [1.807, 2.05) is 0 Å². The van der Waals surface area contributed by atoms with Gasteiger partial charge in [-0.05, 0) is 24.7 Å². The molecule has 0 aliphatic heterocycles. The van der Waals surface area contributed by atoms with Crippen LogP contribution in [0.1, 0.15) is 32.6 Å². The number of hydrogen-bond acceptors (Lipinski definition) is 2. The Morgan fingerprint density at radius 3 is 2.54 bits per heavy atom. The lowest BCUT2D eigenvalue weighted by atomic mass is 9.83. The van der Waals surface area contributed by atoms with Crippen LogP contribution in [0.4, 0.5) is 0 Å². The lowest BCUT2D eigenvalue weighted by molar-refractivity contribution is -0.118. The SMILES string of the molecule is CC1CCC(CNC(=O)CS)CC1. The van der Waals surface area contributed by atoms with Crippen molar-refractivity contribution in [1.29, 1.82) is 0 Å². The van der Waals surface area contributed by atoms with E-state index in [1.165, 1.54) is 25.7 Å². The molecule has 1 aliphatic rings. The summed E-state index contributed by atoms with van der Waals surface area (Å²) in [7, 11) is 0. The first-order valence-electron chi connectivity index (χ1n) is 5.10. The van der Waals surface area contributed by atoms with E-state index in [0.717, 1.165) is 12.5 Å². The number of hydrogen-bond donors (Lipinski definition) is 2. The van der Waals surface area contributed by atoms with Gasteiger partial charge in [-0.25, -0.2) is 0 Å². The third-order valence-electron chi connectivity index (χ3n) is 2.87. The van der Waals surface area contributed by atoms with Gasteiger partial charge in [-0.3, -0.25) is 4.79 Å². The van der Waals surface area contributed by atoms with Crippen molar-refractivity contribution in [1.82, 2.24) is 5.32 Å². The maximum Gasteiger partial charge on any atom is 0.229 e. The van der Waals surface area contributed by atoms with E-state index >= 15 is 0 Å². The van der Waals surface area contributed by atoms with Crippen molar-refractivity contribution in [2.24, 2.45) is 11.8 Å². The lowest BCUT2D eigenvalue weighted by Gasteiger charge is -2.26. The largest absolute Gasteiger partial charge is 0.355 e. The Kier molecular flexibility index (Phi) is 4.64. The highest BCUT2D eigenvalue weighted by atomic mass is 32.1. The Balaban J connectivity index is 2.12. The third kappa shape index (κ3) is 4.03. The molecular formula is C10H19NOS. The first kappa shape index (κ1) is 10.9. The predicted octanol–water partition coefficient (Wildman–Crippen LogP) is 1.86. The molecule has 3 heteroatoms. The number of thiol groups is 1. The Bertz CT molecular complexity index is 164. The van der Waals surface area contributed by atoms with Gasteiger partial charge in [0.15, 0.2) is 0 Å². The zero-order valence-electron chi connectivity index (χ0n) is 8.25. The van der Waals surface area contributed by atoms with Gasteiger partial charge in [0.05, 0.1) is 5.75 Å². The van der Waals surface area contributed by atoms with E-state index in [1.54, 1.807) is 0 Å². The van der Waals surface area contributed by atoms with E-state index in [0.29, 0.717) is 11.7 Å². The summed E-state index contributed by atoms with van der Waals surface area (Å²) >= 11 is 3.92. The number of nitrogens with one attached hydrogen (secondary N) is 1. The molecule has 0 saturated heterocycles. The number of carbonyl (C=O) groups excluding carboxylic acids is 1. The van der Waals surface area contributed by atoms with Crippen LogP contribution in [0.5, 0.6) is 0 Å². The molecule has 0 heterocycles. The van der Waals surface area contributed by atoms with Gasteiger partial charge < -0.3 is 5.32 Å². The number of rotatable bonds is 3. The van der Waals surface area contributed by atoms with Gasteiger partial charge in [0.1, 0.15) is 0 Å². The molecule has 1 rings (SSSR count). The molecule has 1 N–H and O–H groups in total. The molecule has 0 unspecified atom stereocenters. The zero-order valence-corrected chi connectivity index (χ0v) is 9.15. The second-order valence-electron chi connectivity index (χ2n) is 4.09. The maximum absolute atomic E-state index is 10.9. The normalized spacial score (nSPS) is 28.5. The van der Waals surface area contributed by atoms with Gasteiger partial charge in [0.2, 0.25) is 5.91 Å². The summed E-state index contributed by atoms with van der Waals surface area (Å²) in [5, 5.41) is 2.90. The van der Waals surface area contributed by atoms with E-state index in [-0.39, 0.29) is 5.91 Å². The molecular weight excluding hydrogens is 182 g/mol. The second kappa shape index (κ2) is 5.53. The monoisotopic (exact) mass is 201 g/mol. The van der Waals surface area contributed by atoms with Gasteiger partial charge in [0.25, 0.3) is 0 Å². The standard InChI is InChI=1S/C10H19NOS/c1-8-2-4-9(5-3-8)6-11-10(12)7-13/h8-9,13H,2-7H2,1H3,(H,11,12). The molecule has 1 saturated carbocycles. The molecule has 76 valence electrons. The quantitative estimate of drug-likeness (QED) is 0.671. The number of carbonyl (C=O) groups is 1. The average Bonchev–Trinajstić information content (AvgIpc) is 2.16. The Hall–Kier alpha value is -0.180. The highest BCUT2D eigenvalue weighted by Gasteiger charge is 2.18. The van der Waals surface area contributed by atoms with Gasteiger partial charge in [-0.2, -0.15) is 12.6 Å². The maximum atomic E-state index is 10.9. The van der Waals surface area contributed by atoms with Crippen molar-refractivity contribution in [3.8, 4) is 0 Å². The predicted molar refractivity (Wildman–Crippen MR) is 58.0 cm³/mol. The molecule has 0 spiro atoms. The first-order chi connectivity index (χ1) is 6.22. The minimum absolute atomic E-state index is 0.0574. The van der Waals surface area contributed by atoms with E-state index in [4.69, 9.17) is 0 Å². The zero-order chi connectivity index (χ0) is 9.68. The Morgan fingerprint density at radius 2 is 2.00 bits per heavy atom. The number of amides is 1. The highest BCUT2D eigenvalue weighted by molar-refractivity contribution is 7.81. The van der Waals surface area contributed by atoms with Gasteiger partial charge in [-0.15, -0.1) is 0 Å². The fourth-order valence-electron chi connectivity index (χ4n) is 1.85. The molecule has 0 atom stereocenters. The fraction of sp³-hybridized carbons (Fsp3) is 0.900. The molecule has 0 aromatic carbocycles. The smallest absolute Gasteiger partial charge is 0.229 e. The van der Waals surface area contributed by atoms with Crippen LogP contribution in [0.15, 0.2) is 0 Å². The summed E-state index contributed by atoms with van der Waals surface area (Å²) < 4.78 is 0. The van der Waals surface area contributed by atoms with Gasteiger partial charge >= 0.3 is 0 Å². The van der Waals surface area contributed by atoms with Crippen molar-refractivity contribution in [2.75, 3.05) is 12.3 Å². The molecule has 13 heavy (non-hydrogen) atoms. The van der Waals surface area contributed by atoms with Crippen LogP contribution in [-0.2, 0) is 4.79 Å². The molecule has 0 bridgehead atoms. The highest BCUT2D eigenvalue weighted by Crippen LogP contribution is 2.27. The molecule has 2 nitrogen and oxygen atoms in total. The molecule has 1 fully saturated rings. The molecule has 0 radical (unpaired) electrons. The fourth-order valence-corrected chi connectivity index (χ4v) is 1.96. The topological polar surface area (TPSA) is 29.1 Å². The van der Waals surface area contributed by atoms with Crippen LogP contribution < -0.4 is 5.32 Å². The van der Waals surface area contributed by atoms with E-state index < -0.39 is 0 Å². The second-order valence-corrected chi connectivity index (χ2v) is 4.40. The molecule has 0 aromatic heterocycles. The lowest BCUT2D eigenvalue weighted by Crippen LogP contribution is -2.31. The summed E-state index contributed by atoms with van der Waals surface area (Å²) in [6.45, 7) is 3.16. The van der Waals surface area contributed by atoms with Crippen LogP contribution in [0.25, 0.3) is 0 Å². The summed E-state index contributed by atoms with van der Waals surface area (Å²) in [4.78, 5) is 10.9. The van der Waals surface area contributed by atoms with E-state index in [2.05, 4.69) is 24.9 Å². The van der Waals surface area contributed by atoms with E-state index in [9.17, 15) is 4.79 Å². The summed E-state index contributed by atoms with van der Waals surface area (Å²) in [6.07, 6.45) is 5.19. The molecule has 1 aliphatic carbocycles. The van der Waals surface area contributed by atoms with Gasteiger partial charge in [-0.1, -0.05) is 19.8 Å². The van der Waals surface area contributed by atoms with Crippen molar-refractivity contribution in [3.05, 3.63) is 0 Å². The summed E-state index contributed by atoms with van der Waals surface area (Å²) in [5.41, 5.74) is 0. The van der Waals surface area contributed by atoms with Crippen LogP contribution in [0, 0.1) is 11.8 Å². The summed E-state index contributed by atoms with van der Waals surface area (Å²) in [6, 6.07) is 0. The minimum Gasteiger partial charge on any atom is -0.355 e. The molecule has 0 aromatic rings. The van der Waals surface area contributed by atoms with Crippen LogP contribution >= 0.6 is 12.6 Å². The minimum atomic E-state index is 0.0574. The first-order valence-corrected chi connectivity index (χ1v) is 5.73. The van der Waals surface area contributed by atoms with Crippen molar-refractivity contribution >= 4 is 18.5 Å². The van der Waals surface area contributed by atoms with Crippen molar-refractivity contribution in [2.45, 2.75) is 32.6 Å². The van der Waals surface area contributed by atoms with Crippen LogP contribution in [0.2, 0.25) is 0 Å². The van der Waals surface area contributed by atoms with Gasteiger partial charge in [0, 0.05) is 6.54 Å². The van der Waals surface area contributed by atoms with Crippen molar-refractivity contribution in [3.63, 3.8) is 0 Å². The average molecular weight is 201 g/mol. The summed E-state index contributed by atoms with van der Waals surface area (Å²) in [5.74, 6) is 1.96. The van der Waals surface area contributed by atoms with Crippen LogP contribution in [0.3, 0.4) is 0 Å². The third-order valence-corrected chi connectivity index (χ3v) is 3.15.